The van der Waals surface area contributed by atoms with E-state index in [1.165, 1.54) is 11.3 Å². The number of benzene rings is 2. The summed E-state index contributed by atoms with van der Waals surface area (Å²) in [4.78, 5) is 28.2. The third-order valence-electron chi connectivity index (χ3n) is 3.58. The molecular weight excluding hydrogens is 352 g/mol. The highest BCUT2D eigenvalue weighted by molar-refractivity contribution is 7.18. The highest BCUT2D eigenvalue weighted by atomic mass is 32.1. The van der Waals surface area contributed by atoms with Crippen LogP contribution >= 0.6 is 11.3 Å². The number of alkyl carbamates (subject to hydrolysis) is 1. The first kappa shape index (κ1) is 17.9. The van der Waals surface area contributed by atoms with Gasteiger partial charge < -0.3 is 14.8 Å². The van der Waals surface area contributed by atoms with Gasteiger partial charge in [-0.05, 0) is 24.6 Å². The maximum atomic E-state index is 12.0. The number of aromatic nitrogens is 1. The highest BCUT2D eigenvalue weighted by Gasteiger charge is 2.18. The zero-order chi connectivity index (χ0) is 18.4. The van der Waals surface area contributed by atoms with Crippen molar-refractivity contribution in [2.45, 2.75) is 26.2 Å². The summed E-state index contributed by atoms with van der Waals surface area (Å²) >= 11 is 1.47. The van der Waals surface area contributed by atoms with Crippen molar-refractivity contribution < 1.29 is 19.1 Å². The van der Waals surface area contributed by atoms with Gasteiger partial charge in [0.2, 0.25) is 0 Å². The lowest BCUT2D eigenvalue weighted by Gasteiger charge is -2.13. The molecule has 3 aromatic rings. The van der Waals surface area contributed by atoms with E-state index in [1.54, 1.807) is 6.92 Å². The quantitative estimate of drug-likeness (QED) is 0.670. The van der Waals surface area contributed by atoms with Gasteiger partial charge in [-0.1, -0.05) is 42.5 Å². The molecule has 6 nitrogen and oxygen atoms in total. The lowest BCUT2D eigenvalue weighted by atomic mass is 10.2. The Hall–Kier alpha value is -2.93. The third-order valence-corrected chi connectivity index (χ3v) is 4.59. The Bertz CT molecular complexity index is 862. The maximum Gasteiger partial charge on any atom is 0.408 e. The van der Waals surface area contributed by atoms with Crippen molar-refractivity contribution in [3.63, 3.8) is 0 Å². The molecule has 0 unspecified atom stereocenters. The number of hydrogen-bond acceptors (Lipinski definition) is 6. The van der Waals surface area contributed by atoms with Gasteiger partial charge in [-0.15, -0.1) is 11.3 Å². The van der Waals surface area contributed by atoms with Gasteiger partial charge in [0, 0.05) is 0 Å². The molecule has 1 N–H and O–H groups in total. The van der Waals surface area contributed by atoms with Gasteiger partial charge in [0.15, 0.2) is 0 Å². The minimum atomic E-state index is -0.812. The summed E-state index contributed by atoms with van der Waals surface area (Å²) in [5.41, 5.74) is 1.74. The minimum Gasteiger partial charge on any atom is -0.457 e. The summed E-state index contributed by atoms with van der Waals surface area (Å²) in [6.45, 7) is 1.76. The fraction of sp³-hybridized carbons (Fsp3) is 0.211. The van der Waals surface area contributed by atoms with Crippen LogP contribution in [0.4, 0.5) is 4.79 Å². The molecule has 0 aliphatic carbocycles. The first-order chi connectivity index (χ1) is 12.6. The molecule has 0 radical (unpaired) electrons. The standard InChI is InChI=1S/C19H18N2O4S/c1-13(20-19(23)25-11-14-7-3-2-4-8-14)18(22)24-12-17-21-15-9-5-6-10-16(15)26-17/h2-10,13H,11-12H2,1H3,(H,20,23)/t13-/m1/s1. The number of para-hydroxylation sites is 1. The van der Waals surface area contributed by atoms with E-state index in [1.807, 2.05) is 54.6 Å². The Morgan fingerprint density at radius 1 is 1.04 bits per heavy atom. The number of thiazole rings is 1. The second kappa shape index (κ2) is 8.44. The Kier molecular flexibility index (Phi) is 5.80. The van der Waals surface area contributed by atoms with E-state index in [9.17, 15) is 9.59 Å². The van der Waals surface area contributed by atoms with E-state index in [0.29, 0.717) is 5.01 Å². The van der Waals surface area contributed by atoms with Gasteiger partial charge >= 0.3 is 12.1 Å². The summed E-state index contributed by atoms with van der Waals surface area (Å²) < 4.78 is 11.3. The van der Waals surface area contributed by atoms with Crippen LogP contribution in [-0.2, 0) is 27.5 Å². The van der Waals surface area contributed by atoms with Crippen LogP contribution in [0.5, 0.6) is 0 Å². The molecule has 0 aliphatic rings. The van der Waals surface area contributed by atoms with Crippen LogP contribution < -0.4 is 5.32 Å². The highest BCUT2D eigenvalue weighted by Crippen LogP contribution is 2.22. The number of hydrogen-bond donors (Lipinski definition) is 1. The third kappa shape index (κ3) is 4.80. The molecule has 0 bridgehead atoms. The van der Waals surface area contributed by atoms with Crippen LogP contribution in [-0.4, -0.2) is 23.1 Å². The molecule has 0 spiro atoms. The molecule has 3 rings (SSSR count). The number of nitrogens with zero attached hydrogens (tertiary/aromatic N) is 1. The van der Waals surface area contributed by atoms with Crippen LogP contribution in [0.25, 0.3) is 10.2 Å². The largest absolute Gasteiger partial charge is 0.457 e. The number of amides is 1. The SMILES string of the molecule is C[C@@H](NC(=O)OCc1ccccc1)C(=O)OCc1nc2ccccc2s1. The predicted octanol–water partition coefficient (Wildman–Crippen LogP) is 3.65. The van der Waals surface area contributed by atoms with Gasteiger partial charge in [-0.2, -0.15) is 0 Å². The minimum absolute atomic E-state index is 0.0727. The average Bonchev–Trinajstić information content (AvgIpc) is 3.08. The molecule has 7 heteroatoms. The molecule has 2 aromatic carbocycles. The van der Waals surface area contributed by atoms with Crippen molar-refractivity contribution >= 4 is 33.6 Å². The normalized spacial score (nSPS) is 11.7. The fourth-order valence-corrected chi connectivity index (χ4v) is 3.12. The van der Waals surface area contributed by atoms with Crippen molar-refractivity contribution in [2.24, 2.45) is 0 Å². The molecule has 0 aliphatic heterocycles. The van der Waals surface area contributed by atoms with Crippen molar-refractivity contribution in [3.8, 4) is 0 Å². The molecule has 26 heavy (non-hydrogen) atoms. The van der Waals surface area contributed by atoms with Crippen LogP contribution in [0.2, 0.25) is 0 Å². The predicted molar refractivity (Wildman–Crippen MR) is 98.6 cm³/mol. The fourth-order valence-electron chi connectivity index (χ4n) is 2.24. The van der Waals surface area contributed by atoms with E-state index in [-0.39, 0.29) is 13.2 Å². The second-order valence-corrected chi connectivity index (χ2v) is 6.73. The second-order valence-electron chi connectivity index (χ2n) is 5.61. The van der Waals surface area contributed by atoms with E-state index in [4.69, 9.17) is 9.47 Å². The Balaban J connectivity index is 1.44. The van der Waals surface area contributed by atoms with Gasteiger partial charge in [0.1, 0.15) is 24.3 Å². The molecule has 1 amide bonds. The van der Waals surface area contributed by atoms with E-state index >= 15 is 0 Å². The van der Waals surface area contributed by atoms with Crippen LogP contribution in [0.1, 0.15) is 17.5 Å². The summed E-state index contributed by atoms with van der Waals surface area (Å²) in [6.07, 6.45) is -0.668. The molecule has 1 atom stereocenters. The van der Waals surface area contributed by atoms with Crippen LogP contribution in [0.3, 0.4) is 0 Å². The molecule has 134 valence electrons. The molecular formula is C19H18N2O4S. The van der Waals surface area contributed by atoms with E-state index < -0.39 is 18.1 Å². The maximum absolute atomic E-state index is 12.0. The molecule has 1 aromatic heterocycles. The average molecular weight is 370 g/mol. The molecule has 0 saturated heterocycles. The zero-order valence-electron chi connectivity index (χ0n) is 14.2. The summed E-state index contributed by atoms with van der Waals surface area (Å²) in [6, 6.07) is 16.2. The van der Waals surface area contributed by atoms with Crippen molar-refractivity contribution in [3.05, 3.63) is 65.2 Å². The molecule has 0 saturated carbocycles. The Labute approximate surface area is 154 Å². The van der Waals surface area contributed by atoms with E-state index in [2.05, 4.69) is 10.3 Å². The molecule has 1 heterocycles. The summed E-state index contributed by atoms with van der Waals surface area (Å²) in [7, 11) is 0. The summed E-state index contributed by atoms with van der Waals surface area (Å²) in [5, 5.41) is 3.17. The van der Waals surface area contributed by atoms with Gasteiger partial charge in [-0.3, -0.25) is 0 Å². The van der Waals surface area contributed by atoms with Gasteiger partial charge in [0.05, 0.1) is 10.2 Å². The summed E-state index contributed by atoms with van der Waals surface area (Å²) in [5.74, 6) is -0.541. The monoisotopic (exact) mass is 370 g/mol. The number of carbonyl (C=O) groups excluding carboxylic acids is 2. The van der Waals surface area contributed by atoms with Crippen molar-refractivity contribution in [1.29, 1.82) is 0 Å². The Morgan fingerprint density at radius 2 is 1.77 bits per heavy atom. The zero-order valence-corrected chi connectivity index (χ0v) is 15.0. The van der Waals surface area contributed by atoms with Gasteiger partial charge in [-0.25, -0.2) is 14.6 Å². The first-order valence-corrected chi connectivity index (χ1v) is 8.92. The topological polar surface area (TPSA) is 77.5 Å². The smallest absolute Gasteiger partial charge is 0.408 e. The van der Waals surface area contributed by atoms with Crippen molar-refractivity contribution in [2.75, 3.05) is 0 Å². The number of rotatable bonds is 6. The Morgan fingerprint density at radius 3 is 2.54 bits per heavy atom. The first-order valence-electron chi connectivity index (χ1n) is 8.10. The van der Waals surface area contributed by atoms with Gasteiger partial charge in [0.25, 0.3) is 0 Å². The number of ether oxygens (including phenoxy) is 2. The van der Waals surface area contributed by atoms with Crippen LogP contribution in [0.15, 0.2) is 54.6 Å². The number of carbonyl (C=O) groups is 2. The molecule has 0 fully saturated rings. The number of esters is 1. The van der Waals surface area contributed by atoms with E-state index in [0.717, 1.165) is 15.8 Å². The van der Waals surface area contributed by atoms with Crippen molar-refractivity contribution in [1.82, 2.24) is 10.3 Å². The van der Waals surface area contributed by atoms with Crippen LogP contribution in [0, 0.1) is 0 Å². The lowest BCUT2D eigenvalue weighted by molar-refractivity contribution is -0.146. The number of fused-ring (bicyclic) bond motifs is 1. The number of nitrogens with one attached hydrogen (secondary N) is 1. The lowest BCUT2D eigenvalue weighted by Crippen LogP contribution is -2.39.